The fourth-order valence-corrected chi connectivity index (χ4v) is 3.15. The molecular formula is C19H31NO. The van der Waals surface area contributed by atoms with Crippen LogP contribution in [0.15, 0.2) is 24.3 Å². The Morgan fingerprint density at radius 1 is 1.05 bits per heavy atom. The van der Waals surface area contributed by atoms with Crippen molar-refractivity contribution < 1.29 is 4.74 Å². The molecule has 2 heteroatoms. The summed E-state index contributed by atoms with van der Waals surface area (Å²) in [5.74, 6) is 0.975. The molecule has 0 heterocycles. The molecule has 1 aromatic carbocycles. The average Bonchev–Trinajstić information content (AvgIpc) is 3.16. The lowest BCUT2D eigenvalue weighted by Crippen LogP contribution is -2.25. The Balaban J connectivity index is 1.85. The normalized spacial score (nSPS) is 16.0. The quantitative estimate of drug-likeness (QED) is 0.745. The van der Waals surface area contributed by atoms with E-state index in [2.05, 4.69) is 64.2 Å². The molecule has 0 saturated heterocycles. The minimum absolute atomic E-state index is 0.199. The lowest BCUT2D eigenvalue weighted by molar-refractivity contribution is 0.283. The smallest absolute Gasteiger partial charge is 0.119 e. The summed E-state index contributed by atoms with van der Waals surface area (Å²) in [5, 5.41) is 3.46. The number of nitrogens with one attached hydrogen (secondary N) is 1. The van der Waals surface area contributed by atoms with Crippen LogP contribution in [0, 0.1) is 5.41 Å². The highest BCUT2D eigenvalue weighted by molar-refractivity contribution is 5.31. The Morgan fingerprint density at radius 3 is 2.19 bits per heavy atom. The fourth-order valence-electron chi connectivity index (χ4n) is 3.15. The van der Waals surface area contributed by atoms with Gasteiger partial charge in [0.25, 0.3) is 0 Å². The van der Waals surface area contributed by atoms with Gasteiger partial charge in [0.15, 0.2) is 0 Å². The molecule has 2 rings (SSSR count). The van der Waals surface area contributed by atoms with Crippen molar-refractivity contribution in [2.24, 2.45) is 5.41 Å². The van der Waals surface area contributed by atoms with Crippen LogP contribution in [-0.4, -0.2) is 19.2 Å². The molecule has 0 spiro atoms. The maximum Gasteiger partial charge on any atom is 0.119 e. The van der Waals surface area contributed by atoms with Gasteiger partial charge in [0.2, 0.25) is 0 Å². The molecule has 21 heavy (non-hydrogen) atoms. The topological polar surface area (TPSA) is 21.3 Å². The van der Waals surface area contributed by atoms with E-state index in [4.69, 9.17) is 4.74 Å². The highest BCUT2D eigenvalue weighted by Gasteiger charge is 2.27. The summed E-state index contributed by atoms with van der Waals surface area (Å²) in [6.45, 7) is 13.3. The van der Waals surface area contributed by atoms with Crippen molar-refractivity contribution in [2.45, 2.75) is 65.3 Å². The second-order valence-electron chi connectivity index (χ2n) is 8.22. The van der Waals surface area contributed by atoms with E-state index in [1.54, 1.807) is 0 Å². The van der Waals surface area contributed by atoms with Gasteiger partial charge in [-0.2, -0.15) is 0 Å². The van der Waals surface area contributed by atoms with E-state index in [1.807, 2.05) is 0 Å². The molecule has 0 amide bonds. The van der Waals surface area contributed by atoms with Gasteiger partial charge in [-0.05, 0) is 47.8 Å². The van der Waals surface area contributed by atoms with Crippen molar-refractivity contribution in [1.29, 1.82) is 0 Å². The highest BCUT2D eigenvalue weighted by Crippen LogP contribution is 2.36. The molecule has 2 nitrogen and oxygen atoms in total. The van der Waals surface area contributed by atoms with Crippen LogP contribution >= 0.6 is 0 Å². The first-order chi connectivity index (χ1) is 9.76. The molecule has 0 bridgehead atoms. The number of ether oxygens (including phenoxy) is 1. The minimum Gasteiger partial charge on any atom is -0.492 e. The zero-order valence-electron chi connectivity index (χ0n) is 14.3. The molecule has 0 aromatic heterocycles. The molecule has 0 radical (unpaired) electrons. The third kappa shape index (κ3) is 5.70. The minimum atomic E-state index is 0.199. The lowest BCUT2D eigenvalue weighted by atomic mass is 9.72. The van der Waals surface area contributed by atoms with E-state index in [-0.39, 0.29) is 5.41 Å². The fraction of sp³-hybridized carbons (Fsp3) is 0.684. The van der Waals surface area contributed by atoms with Crippen LogP contribution in [0.5, 0.6) is 5.75 Å². The van der Waals surface area contributed by atoms with Gasteiger partial charge < -0.3 is 10.1 Å². The van der Waals surface area contributed by atoms with Crippen LogP contribution in [0.4, 0.5) is 0 Å². The summed E-state index contributed by atoms with van der Waals surface area (Å²) in [5.41, 5.74) is 1.93. The predicted octanol–water partition coefficient (Wildman–Crippen LogP) is 4.53. The maximum atomic E-state index is 5.79. The van der Waals surface area contributed by atoms with Gasteiger partial charge in [-0.3, -0.25) is 0 Å². The lowest BCUT2D eigenvalue weighted by Gasteiger charge is -2.33. The highest BCUT2D eigenvalue weighted by atomic mass is 16.5. The SMILES string of the molecule is CC(C)(C)CC(C)(C)c1ccc(OCCNC2CC2)cc1. The van der Waals surface area contributed by atoms with Crippen LogP contribution < -0.4 is 10.1 Å². The summed E-state index contributed by atoms with van der Waals surface area (Å²) >= 11 is 0. The molecule has 118 valence electrons. The number of rotatable bonds is 7. The Labute approximate surface area is 130 Å². The van der Waals surface area contributed by atoms with Gasteiger partial charge >= 0.3 is 0 Å². The van der Waals surface area contributed by atoms with Crippen LogP contribution in [-0.2, 0) is 5.41 Å². The Kier molecular flexibility index (Phi) is 4.98. The van der Waals surface area contributed by atoms with Gasteiger partial charge in [-0.25, -0.2) is 0 Å². The third-order valence-corrected chi connectivity index (χ3v) is 3.99. The first kappa shape index (κ1) is 16.4. The molecule has 0 atom stereocenters. The Morgan fingerprint density at radius 2 is 1.67 bits per heavy atom. The van der Waals surface area contributed by atoms with Crippen molar-refractivity contribution in [2.75, 3.05) is 13.2 Å². The standard InChI is InChI=1S/C19H31NO/c1-18(2,3)14-19(4,5)15-6-10-17(11-7-15)21-13-12-20-16-8-9-16/h6-7,10-11,16,20H,8-9,12-14H2,1-5H3. The van der Waals surface area contributed by atoms with Gasteiger partial charge in [-0.1, -0.05) is 46.8 Å². The van der Waals surface area contributed by atoms with Gasteiger partial charge in [-0.15, -0.1) is 0 Å². The van der Waals surface area contributed by atoms with Gasteiger partial charge in [0.05, 0.1) is 0 Å². The van der Waals surface area contributed by atoms with Crippen LogP contribution in [0.3, 0.4) is 0 Å². The first-order valence-electron chi connectivity index (χ1n) is 8.23. The van der Waals surface area contributed by atoms with E-state index >= 15 is 0 Å². The Bertz CT molecular complexity index is 438. The summed E-state index contributed by atoms with van der Waals surface area (Å²) in [6.07, 6.45) is 3.83. The Hall–Kier alpha value is -1.02. The second kappa shape index (κ2) is 6.39. The van der Waals surface area contributed by atoms with E-state index in [1.165, 1.54) is 24.8 Å². The average molecular weight is 289 g/mol. The largest absolute Gasteiger partial charge is 0.492 e. The molecule has 0 unspecified atom stereocenters. The van der Waals surface area contributed by atoms with Crippen molar-refractivity contribution >= 4 is 0 Å². The molecular weight excluding hydrogens is 258 g/mol. The molecule has 1 aliphatic carbocycles. The number of benzene rings is 1. The van der Waals surface area contributed by atoms with Crippen LogP contribution in [0.2, 0.25) is 0 Å². The van der Waals surface area contributed by atoms with Crippen molar-refractivity contribution in [3.05, 3.63) is 29.8 Å². The van der Waals surface area contributed by atoms with E-state index in [9.17, 15) is 0 Å². The van der Waals surface area contributed by atoms with Crippen molar-refractivity contribution in [3.63, 3.8) is 0 Å². The van der Waals surface area contributed by atoms with Gasteiger partial charge in [0, 0.05) is 12.6 Å². The third-order valence-electron chi connectivity index (χ3n) is 3.99. The van der Waals surface area contributed by atoms with Crippen LogP contribution in [0.1, 0.15) is 59.4 Å². The molecule has 1 aliphatic rings. The monoisotopic (exact) mass is 289 g/mol. The van der Waals surface area contributed by atoms with E-state index < -0.39 is 0 Å². The summed E-state index contributed by atoms with van der Waals surface area (Å²) < 4.78 is 5.79. The first-order valence-corrected chi connectivity index (χ1v) is 8.23. The summed E-state index contributed by atoms with van der Waals surface area (Å²) in [6, 6.07) is 9.41. The molecule has 1 aromatic rings. The molecule has 1 fully saturated rings. The van der Waals surface area contributed by atoms with E-state index in [0.717, 1.165) is 24.9 Å². The van der Waals surface area contributed by atoms with E-state index in [0.29, 0.717) is 5.41 Å². The number of hydrogen-bond donors (Lipinski definition) is 1. The predicted molar refractivity (Wildman–Crippen MR) is 90.1 cm³/mol. The molecule has 0 aliphatic heterocycles. The van der Waals surface area contributed by atoms with Crippen molar-refractivity contribution in [1.82, 2.24) is 5.32 Å². The zero-order chi connectivity index (χ0) is 15.5. The van der Waals surface area contributed by atoms with Crippen molar-refractivity contribution in [3.8, 4) is 5.75 Å². The van der Waals surface area contributed by atoms with Gasteiger partial charge in [0.1, 0.15) is 12.4 Å². The number of hydrogen-bond acceptors (Lipinski definition) is 2. The second-order valence-corrected chi connectivity index (χ2v) is 8.22. The maximum absolute atomic E-state index is 5.79. The zero-order valence-corrected chi connectivity index (χ0v) is 14.3. The summed E-state index contributed by atoms with van der Waals surface area (Å²) in [7, 11) is 0. The summed E-state index contributed by atoms with van der Waals surface area (Å²) in [4.78, 5) is 0. The molecule has 1 saturated carbocycles. The molecule has 1 N–H and O–H groups in total. The van der Waals surface area contributed by atoms with Crippen LogP contribution in [0.25, 0.3) is 0 Å².